The molecule has 12 aliphatic rings. The van der Waals surface area contributed by atoms with Gasteiger partial charge in [0.1, 0.15) is 23.4 Å². The van der Waals surface area contributed by atoms with Gasteiger partial charge in [0.15, 0.2) is 78.7 Å². The van der Waals surface area contributed by atoms with Crippen molar-refractivity contribution in [2.75, 3.05) is 46.9 Å². The summed E-state index contributed by atoms with van der Waals surface area (Å²) >= 11 is 0. The molecule has 7 N–H and O–H groups in total. The second-order valence-corrected chi connectivity index (χ2v) is 34.9. The number of carboxylic acids is 2. The molecule has 0 unspecified atom stereocenters. The lowest BCUT2D eigenvalue weighted by molar-refractivity contribution is -0.206. The van der Waals surface area contributed by atoms with Gasteiger partial charge >= 0.3 is 83.6 Å². The first kappa shape index (κ1) is 116. The van der Waals surface area contributed by atoms with Crippen molar-refractivity contribution in [3.05, 3.63) is 69.5 Å². The molecule has 6 saturated heterocycles. The van der Waals surface area contributed by atoms with E-state index in [4.69, 9.17) is 53.2 Å². The van der Waals surface area contributed by atoms with Crippen LogP contribution in [0.3, 0.4) is 0 Å². The molecule has 6 amide bonds. The number of nitrogens with zero attached hydrogens (tertiary/aromatic N) is 5. The summed E-state index contributed by atoms with van der Waals surface area (Å²) in [5, 5.41) is 68.4. The maximum absolute atomic E-state index is 12.9. The van der Waals surface area contributed by atoms with E-state index < -0.39 is 208 Å². The monoisotopic (exact) mass is 2010 g/mol. The fourth-order valence-electron chi connectivity index (χ4n) is 17.6. The molecule has 49 heteroatoms. The Kier molecular flexibility index (Phi) is 40.7. The SMILES string of the molecule is C1CCOC1.CC(=O)O[C@@H](C)C(=O)CN1C(=O)CCC1=O.CC(=O)O[C@@H](C)C(=O)O[C@@H](C)C(=O)O.CC(=O)O[C@@H](C)C(=O)O[C@@H](C)C(=O)OC1=CC[C@@]2(O)[C@H]3Cc4ccc(CO)c5c4[C@@]2(CCN3C)[C@H]1O5.CC(=O)O[C@@H](C)C(=O)O[C@@H](C)C(=O)ON1C(=O)CCC1=O.CC(=O)O[C@@H](C)C(=O)O[C@@H](C)C(=O)ON1C(=O)CCC1=O.CN1CC[C@]23c4c5ccc(CO)c4O[C@H]2C(=O)CC[C@@]3(O)[C@H]1C5.C[C@H](O)C(=O)O. The Bertz CT molecular complexity index is 5070. The van der Waals surface area contributed by atoms with Gasteiger partial charge in [-0.1, -0.05) is 24.3 Å². The average molecular weight is 2010 g/mol. The molecule has 782 valence electrons. The second-order valence-electron chi connectivity index (χ2n) is 34.9. The van der Waals surface area contributed by atoms with Crippen LogP contribution in [0.4, 0.5) is 0 Å². The number of carbonyl (C=O) groups is 22. The molecule has 2 aromatic rings. The number of piperidine rings is 2. The zero-order valence-electron chi connectivity index (χ0n) is 81.5. The van der Waals surface area contributed by atoms with Crippen molar-refractivity contribution in [2.24, 2.45) is 0 Å². The number of hydrogen-bond acceptors (Lipinski definition) is 44. The predicted molar refractivity (Wildman–Crippen MR) is 470 cm³/mol. The molecular formula is C93H121N5O44. The van der Waals surface area contributed by atoms with E-state index in [9.17, 15) is 126 Å². The molecule has 1 saturated carbocycles. The number of amides is 6. The maximum atomic E-state index is 12.9. The Morgan fingerprint density at radius 2 is 0.746 bits per heavy atom. The normalized spacial score (nSPS) is 24.4. The number of carbonyl (C=O) groups excluding carboxylic acids is 20. The Morgan fingerprint density at radius 3 is 1.09 bits per heavy atom. The third kappa shape index (κ3) is 27.4. The third-order valence-electron chi connectivity index (χ3n) is 24.7. The Balaban J connectivity index is 0.000000232. The number of ether oxygens (including phenoxy) is 13. The molecular weight excluding hydrogens is 1890 g/mol. The number of ketones is 2. The topological polar surface area (TPSA) is 672 Å². The molecule has 7 fully saturated rings. The standard InChI is InChI=1S/C26H31NO9.C18H21NO4.2C12H15NO8.C10H13NO5.C8H12O6.C4H8O.C3H6O3/c1-13(33-15(3)29)23(30)34-14(2)24(31)35-18-7-8-26(32)19-11-16-5-6-17(12-28)21-20(16)25(26,22(18)36-21)9-10-27(19)4;1-19-7-6-17-14-10-2-3-11(9-20)15(14)23-16(17)12(21)4-5-18(17,22)13(19)8-10;2*1-6(19-8(3)14)11(17)20-7(2)12(18)21-13-9(15)4-5-10(13)16;1-6(16-7(2)12)8(13)5-11-9(14)3-4-10(11)15;1-4(7(10)11)14-8(12)5(2)13-6(3)9;1-2-4-5-3-1;1-2(4)3(5)6/h5-7,13-14,19,22,28,32H,8-12H2,1-4H3;2-3,13,16,20,22H,4-9H2,1H3;2*6-7H,4-5H2,1-3H3;6H,3-5H2,1-2H3;4-5H,1-3H3,(H,10,11);1-4H2;2,4H,1H3,(H,5,6)/t13-,14-,19+,22-,25-,26+;13-,16+,17+,18-;2*6-,7-;6-;4-,5-;;2-/m010000.0/s1. The first-order valence-corrected chi connectivity index (χ1v) is 45.5. The summed E-state index contributed by atoms with van der Waals surface area (Å²) in [5.74, 6) is -14.4. The summed E-state index contributed by atoms with van der Waals surface area (Å²) in [6.07, 6.45) is -5.19. The molecule has 0 aromatic heterocycles. The number of aliphatic hydroxyl groups excluding tert-OH is 3. The largest absolute Gasteiger partial charge is 0.481 e. The van der Waals surface area contributed by atoms with Crippen LogP contribution in [0.25, 0.3) is 0 Å². The van der Waals surface area contributed by atoms with Crippen molar-refractivity contribution in [3.63, 3.8) is 0 Å². The van der Waals surface area contributed by atoms with E-state index in [-0.39, 0.29) is 100 Å². The summed E-state index contributed by atoms with van der Waals surface area (Å²) in [7, 11) is 4.06. The van der Waals surface area contributed by atoms with E-state index in [2.05, 4.69) is 50.2 Å². The van der Waals surface area contributed by atoms with Crippen LogP contribution in [0.1, 0.15) is 221 Å². The molecule has 4 aliphatic carbocycles. The van der Waals surface area contributed by atoms with Gasteiger partial charge in [-0.2, -0.15) is 0 Å². The number of likely N-dealkylation sites (N-methyl/N-ethyl adjacent to an activating group) is 2. The van der Waals surface area contributed by atoms with Crippen molar-refractivity contribution < 1.29 is 212 Å². The Morgan fingerprint density at radius 1 is 0.415 bits per heavy atom. The molecule has 2 spiro atoms. The van der Waals surface area contributed by atoms with E-state index in [1.54, 1.807) is 6.08 Å². The number of esters is 10. The minimum absolute atomic E-state index is 0.0221. The summed E-state index contributed by atoms with van der Waals surface area (Å²) < 4.78 is 65.3. The number of hydroxylamine groups is 4. The highest BCUT2D eigenvalue weighted by atomic mass is 16.7. The minimum atomic E-state index is -1.36. The fraction of sp³-hybridized carbons (Fsp3) is 0.613. The highest BCUT2D eigenvalue weighted by Gasteiger charge is 2.74. The number of likely N-dealkylation sites (tertiary alicyclic amines) is 3. The number of Topliss-reactive ketones (excluding diaryl/α,β-unsaturated/α-hetero) is 2. The van der Waals surface area contributed by atoms with Crippen molar-refractivity contribution in [1.82, 2.24) is 24.8 Å². The zero-order chi connectivity index (χ0) is 107. The van der Waals surface area contributed by atoms with Gasteiger partial charge < -0.3 is 117 Å². The number of rotatable bonds is 26. The number of carboxylic acid groups (broad SMARTS) is 2. The third-order valence-corrected chi connectivity index (χ3v) is 24.7. The maximum Gasteiger partial charge on any atom is 0.373 e. The highest BCUT2D eigenvalue weighted by Crippen LogP contribution is 2.66. The molecule has 0 radical (unpaired) electrons. The first-order chi connectivity index (χ1) is 66.4. The van der Waals surface area contributed by atoms with E-state index in [1.807, 2.05) is 31.3 Å². The highest BCUT2D eigenvalue weighted by molar-refractivity contribution is 6.06. The van der Waals surface area contributed by atoms with Gasteiger partial charge in [0.2, 0.25) is 11.8 Å². The minimum Gasteiger partial charge on any atom is -0.481 e. The van der Waals surface area contributed by atoms with Crippen LogP contribution in [0, 0.1) is 0 Å². The van der Waals surface area contributed by atoms with Gasteiger partial charge in [-0.05, 0) is 159 Å². The van der Waals surface area contributed by atoms with Crippen LogP contribution in [0.5, 0.6) is 11.5 Å². The first-order valence-electron chi connectivity index (χ1n) is 45.5. The van der Waals surface area contributed by atoms with Crippen molar-refractivity contribution >= 4 is 131 Å². The van der Waals surface area contributed by atoms with Crippen LogP contribution in [0.2, 0.25) is 0 Å². The number of aliphatic hydroxyl groups is 5. The van der Waals surface area contributed by atoms with Crippen molar-refractivity contribution in [3.8, 4) is 11.5 Å². The lowest BCUT2D eigenvalue weighted by Crippen LogP contribution is -2.76. The van der Waals surface area contributed by atoms with Gasteiger partial charge in [-0.15, -0.1) is 10.1 Å². The summed E-state index contributed by atoms with van der Waals surface area (Å²) in [4.78, 5) is 262. The average Bonchev–Trinajstić information content (AvgIpc) is 1.48. The molecule has 8 heterocycles. The number of benzene rings is 2. The number of imide groups is 3. The van der Waals surface area contributed by atoms with Gasteiger partial charge in [-0.3, -0.25) is 67.2 Å². The summed E-state index contributed by atoms with van der Waals surface area (Å²) in [5.41, 5.74) is 1.91. The van der Waals surface area contributed by atoms with E-state index in [0.29, 0.717) is 52.9 Å². The number of aliphatic carboxylic acids is 2. The van der Waals surface area contributed by atoms with E-state index >= 15 is 0 Å². The van der Waals surface area contributed by atoms with Crippen LogP contribution in [0.15, 0.2) is 36.1 Å². The lowest BCUT2D eigenvalue weighted by atomic mass is 9.49. The molecule has 4 bridgehead atoms. The van der Waals surface area contributed by atoms with E-state index in [0.717, 1.165) is 92.6 Å². The molecule has 14 rings (SSSR count). The van der Waals surface area contributed by atoms with Crippen molar-refractivity contribution in [2.45, 2.75) is 321 Å². The molecule has 49 nitrogen and oxygen atoms in total. The molecule has 142 heavy (non-hydrogen) atoms. The second kappa shape index (κ2) is 50.0. The van der Waals surface area contributed by atoms with Gasteiger partial charge in [0.25, 0.3) is 23.6 Å². The van der Waals surface area contributed by atoms with Gasteiger partial charge in [-0.25, -0.2) is 43.2 Å². The number of hydrogen-bond donors (Lipinski definition) is 7. The molecule has 18 atom stereocenters. The van der Waals surface area contributed by atoms with Gasteiger partial charge in [0.05, 0.1) is 41.8 Å². The van der Waals surface area contributed by atoms with Crippen LogP contribution in [-0.2, 0) is 204 Å². The van der Waals surface area contributed by atoms with Crippen LogP contribution < -0.4 is 9.47 Å². The summed E-state index contributed by atoms with van der Waals surface area (Å²) in [6.45, 7) is 21.5. The fourth-order valence-corrected chi connectivity index (χ4v) is 17.6. The summed E-state index contributed by atoms with van der Waals surface area (Å²) in [6, 6.07) is 7.64. The molecule has 2 aromatic carbocycles. The quantitative estimate of drug-likeness (QED) is 0.0376. The smallest absolute Gasteiger partial charge is 0.373 e. The Labute approximate surface area is 813 Å². The Hall–Kier alpha value is -13.2. The zero-order valence-corrected chi connectivity index (χ0v) is 81.5. The van der Waals surface area contributed by atoms with Crippen molar-refractivity contribution in [1.29, 1.82) is 0 Å². The predicted octanol–water partition coefficient (Wildman–Crippen LogP) is 0.228. The lowest BCUT2D eigenvalue weighted by Gasteiger charge is -2.62. The van der Waals surface area contributed by atoms with Gasteiger partial charge in [0, 0.05) is 134 Å². The van der Waals surface area contributed by atoms with Crippen LogP contribution >= 0.6 is 0 Å². The molecule has 8 aliphatic heterocycles. The van der Waals surface area contributed by atoms with E-state index in [1.165, 1.54) is 95.9 Å². The van der Waals surface area contributed by atoms with Crippen LogP contribution in [-0.4, -0.2) is 335 Å².